The fourth-order valence-electron chi connectivity index (χ4n) is 3.84. The summed E-state index contributed by atoms with van der Waals surface area (Å²) >= 11 is 1.71. The van der Waals surface area contributed by atoms with Gasteiger partial charge in [-0.2, -0.15) is 0 Å². The van der Waals surface area contributed by atoms with Crippen LogP contribution in [0.1, 0.15) is 56.6 Å². The van der Waals surface area contributed by atoms with Crippen LogP contribution in [0, 0.1) is 6.92 Å². The summed E-state index contributed by atoms with van der Waals surface area (Å²) in [7, 11) is 1.70. The van der Waals surface area contributed by atoms with Crippen molar-refractivity contribution in [3.8, 4) is 0 Å². The Morgan fingerprint density at radius 3 is 2.66 bits per heavy atom. The first-order valence-electron chi connectivity index (χ1n) is 10.6. The second-order valence-corrected chi connectivity index (χ2v) is 8.97. The summed E-state index contributed by atoms with van der Waals surface area (Å²) in [6, 6.07) is 7.47. The number of rotatable bonds is 9. The largest absolute Gasteiger partial charge is 0.331 e. The number of nitrogens with one attached hydrogen (secondary N) is 1. The van der Waals surface area contributed by atoms with E-state index < -0.39 is 12.2 Å². The third-order valence-electron chi connectivity index (χ3n) is 5.49. The molecule has 7 heteroatoms. The van der Waals surface area contributed by atoms with Crippen LogP contribution in [0.3, 0.4) is 0 Å². The molecule has 1 aromatic carbocycles. The number of hydrogen-bond acceptors (Lipinski definition) is 5. The highest BCUT2D eigenvalue weighted by atomic mass is 32.2. The quantitative estimate of drug-likeness (QED) is 0.615. The number of hydrogen-bond donors (Lipinski definition) is 1. The van der Waals surface area contributed by atoms with Crippen molar-refractivity contribution >= 4 is 28.9 Å². The Labute approximate surface area is 178 Å². The Kier molecular flexibility index (Phi) is 7.58. The number of amides is 3. The molecule has 3 rings (SSSR count). The molecule has 1 N–H and O–H groups in total. The first kappa shape index (κ1) is 21.7. The van der Waals surface area contributed by atoms with Crippen LogP contribution < -0.4 is 5.32 Å². The number of aliphatic imine (C=N–C) groups is 1. The molecule has 0 radical (unpaired) electrons. The number of carbonyl (C=O) groups excluding carboxylic acids is 2. The molecule has 3 amide bonds. The van der Waals surface area contributed by atoms with Gasteiger partial charge in [0.2, 0.25) is 0 Å². The van der Waals surface area contributed by atoms with Gasteiger partial charge < -0.3 is 9.80 Å². The average Bonchev–Trinajstić information content (AvgIpc) is 3.04. The van der Waals surface area contributed by atoms with Crippen LogP contribution in [0.4, 0.5) is 4.79 Å². The van der Waals surface area contributed by atoms with Crippen molar-refractivity contribution in [1.29, 1.82) is 0 Å². The van der Waals surface area contributed by atoms with E-state index >= 15 is 0 Å². The third kappa shape index (κ3) is 5.32. The molecule has 1 saturated heterocycles. The van der Waals surface area contributed by atoms with Crippen molar-refractivity contribution in [2.45, 2.75) is 71.1 Å². The van der Waals surface area contributed by atoms with Crippen molar-refractivity contribution in [1.82, 2.24) is 15.1 Å². The number of unbranched alkanes of at least 4 members (excludes halogenated alkanes) is 5. The number of likely N-dealkylation sites (N-methyl/N-ethyl adjacent to an activating group) is 1. The lowest BCUT2D eigenvalue weighted by atomic mass is 10.1. The minimum Gasteiger partial charge on any atom is -0.331 e. The lowest BCUT2D eigenvalue weighted by molar-refractivity contribution is -0.127. The first-order valence-corrected chi connectivity index (χ1v) is 11.6. The van der Waals surface area contributed by atoms with Gasteiger partial charge in [0.1, 0.15) is 0 Å². The van der Waals surface area contributed by atoms with Crippen LogP contribution in [0.15, 0.2) is 29.3 Å². The lowest BCUT2D eigenvalue weighted by Gasteiger charge is -2.36. The summed E-state index contributed by atoms with van der Waals surface area (Å²) in [5.74, 6) is 0.721. The molecule has 29 heavy (non-hydrogen) atoms. The van der Waals surface area contributed by atoms with Crippen molar-refractivity contribution in [2.75, 3.05) is 12.8 Å². The fraction of sp³-hybridized carbons (Fsp3) is 0.591. The van der Waals surface area contributed by atoms with Crippen LogP contribution in [-0.4, -0.2) is 51.9 Å². The summed E-state index contributed by atoms with van der Waals surface area (Å²) < 4.78 is 0. The SMILES string of the molecule is CCCCCCCCSC1=NC2C(C(=O)NC(=O)N2C)N1Cc1cccc(C)c1. The highest BCUT2D eigenvalue weighted by Crippen LogP contribution is 2.30. The molecule has 0 saturated carbocycles. The maximum Gasteiger partial charge on any atom is 0.325 e. The molecule has 1 aromatic rings. The molecule has 2 aliphatic rings. The van der Waals surface area contributed by atoms with E-state index in [2.05, 4.69) is 42.3 Å². The number of imide groups is 1. The van der Waals surface area contributed by atoms with E-state index in [1.54, 1.807) is 18.8 Å². The van der Waals surface area contributed by atoms with Gasteiger partial charge in [0.15, 0.2) is 17.4 Å². The molecular formula is C22H32N4O2S. The third-order valence-corrected chi connectivity index (χ3v) is 6.58. The van der Waals surface area contributed by atoms with Gasteiger partial charge in [-0.05, 0) is 18.9 Å². The molecule has 1 fully saturated rings. The maximum atomic E-state index is 12.6. The summed E-state index contributed by atoms with van der Waals surface area (Å²) in [4.78, 5) is 33.1. The van der Waals surface area contributed by atoms with E-state index in [-0.39, 0.29) is 11.9 Å². The molecule has 6 nitrogen and oxygen atoms in total. The zero-order valence-electron chi connectivity index (χ0n) is 17.7. The van der Waals surface area contributed by atoms with E-state index in [0.717, 1.165) is 22.9 Å². The van der Waals surface area contributed by atoms with Crippen LogP contribution >= 0.6 is 11.8 Å². The predicted molar refractivity (Wildman–Crippen MR) is 119 cm³/mol. The highest BCUT2D eigenvalue weighted by molar-refractivity contribution is 8.13. The van der Waals surface area contributed by atoms with Gasteiger partial charge in [-0.15, -0.1) is 0 Å². The van der Waals surface area contributed by atoms with E-state index in [4.69, 9.17) is 4.99 Å². The minimum atomic E-state index is -0.467. The van der Waals surface area contributed by atoms with Gasteiger partial charge in [0, 0.05) is 19.3 Å². The fourth-order valence-corrected chi connectivity index (χ4v) is 4.90. The van der Waals surface area contributed by atoms with Crippen molar-refractivity contribution < 1.29 is 9.59 Å². The summed E-state index contributed by atoms with van der Waals surface area (Å²) in [6.45, 7) is 4.91. The molecule has 2 aliphatic heterocycles. The molecule has 158 valence electrons. The Morgan fingerprint density at radius 2 is 1.90 bits per heavy atom. The minimum absolute atomic E-state index is 0.260. The van der Waals surface area contributed by atoms with E-state index in [1.165, 1.54) is 42.6 Å². The van der Waals surface area contributed by atoms with Gasteiger partial charge in [-0.3, -0.25) is 10.1 Å². The maximum absolute atomic E-state index is 12.6. The Bertz CT molecular complexity index is 767. The molecule has 2 heterocycles. The number of nitrogens with zero attached hydrogens (tertiary/aromatic N) is 3. The predicted octanol–water partition coefficient (Wildman–Crippen LogP) is 4.14. The Morgan fingerprint density at radius 1 is 1.14 bits per heavy atom. The van der Waals surface area contributed by atoms with Crippen LogP contribution in [0.25, 0.3) is 0 Å². The summed E-state index contributed by atoms with van der Waals surface area (Å²) in [5, 5.41) is 3.34. The normalized spacial score (nSPS) is 21.3. The summed E-state index contributed by atoms with van der Waals surface area (Å²) in [5.41, 5.74) is 2.34. The van der Waals surface area contributed by atoms with E-state index in [0.29, 0.717) is 6.54 Å². The highest BCUT2D eigenvalue weighted by Gasteiger charge is 2.48. The topological polar surface area (TPSA) is 65.0 Å². The first-order chi connectivity index (χ1) is 14.0. The van der Waals surface area contributed by atoms with Crippen molar-refractivity contribution in [3.05, 3.63) is 35.4 Å². The van der Waals surface area contributed by atoms with Crippen LogP contribution in [0.2, 0.25) is 0 Å². The van der Waals surface area contributed by atoms with Gasteiger partial charge in [-0.25, -0.2) is 9.79 Å². The summed E-state index contributed by atoms with van der Waals surface area (Å²) in [6.07, 6.45) is 7.07. The van der Waals surface area contributed by atoms with Crippen molar-refractivity contribution in [2.24, 2.45) is 4.99 Å². The number of benzene rings is 1. The van der Waals surface area contributed by atoms with E-state index in [9.17, 15) is 9.59 Å². The van der Waals surface area contributed by atoms with Gasteiger partial charge >= 0.3 is 6.03 Å². The molecule has 0 bridgehead atoms. The number of fused-ring (bicyclic) bond motifs is 1. The molecule has 0 spiro atoms. The van der Waals surface area contributed by atoms with Crippen LogP contribution in [0.5, 0.6) is 0 Å². The molecule has 2 unspecified atom stereocenters. The number of thioether (sulfide) groups is 1. The number of aryl methyl sites for hydroxylation is 1. The molecule has 2 atom stereocenters. The van der Waals surface area contributed by atoms with Gasteiger partial charge in [0.25, 0.3) is 5.91 Å². The number of carbonyl (C=O) groups is 2. The molecular weight excluding hydrogens is 384 g/mol. The second-order valence-electron chi connectivity index (χ2n) is 7.91. The smallest absolute Gasteiger partial charge is 0.325 e. The van der Waals surface area contributed by atoms with E-state index in [1.807, 2.05) is 6.07 Å². The number of urea groups is 1. The molecule has 0 aromatic heterocycles. The zero-order chi connectivity index (χ0) is 20.8. The van der Waals surface area contributed by atoms with Gasteiger partial charge in [-0.1, -0.05) is 80.6 Å². The Balaban J connectivity index is 1.68. The monoisotopic (exact) mass is 416 g/mol. The lowest BCUT2D eigenvalue weighted by Crippen LogP contribution is -2.63. The van der Waals surface area contributed by atoms with Gasteiger partial charge in [0.05, 0.1) is 0 Å². The van der Waals surface area contributed by atoms with Crippen LogP contribution in [-0.2, 0) is 11.3 Å². The Hall–Kier alpha value is -2.02. The average molecular weight is 417 g/mol. The second kappa shape index (κ2) is 10.1. The zero-order valence-corrected chi connectivity index (χ0v) is 18.5. The van der Waals surface area contributed by atoms with Crippen molar-refractivity contribution in [3.63, 3.8) is 0 Å². The standard InChI is InChI=1S/C22H32N4O2S/c1-4-5-6-7-8-9-13-29-22-23-19-18(20(27)24-21(28)25(19)3)26(22)15-17-12-10-11-16(2)14-17/h10-12,14,18-19H,4-9,13,15H2,1-3H3,(H,24,27,28). The molecule has 0 aliphatic carbocycles. The number of amidine groups is 1.